The highest BCUT2D eigenvalue weighted by atomic mass is 19.4. The van der Waals surface area contributed by atoms with E-state index in [0.29, 0.717) is 31.0 Å². The number of benzene rings is 3. The molecule has 1 aliphatic heterocycles. The van der Waals surface area contributed by atoms with E-state index in [0.717, 1.165) is 24.1 Å². The van der Waals surface area contributed by atoms with Gasteiger partial charge < -0.3 is 10.2 Å². The van der Waals surface area contributed by atoms with E-state index in [1.807, 2.05) is 4.90 Å². The first-order valence-corrected chi connectivity index (χ1v) is 11.7. The summed E-state index contributed by atoms with van der Waals surface area (Å²) in [5, 5.41) is 2.62. The third kappa shape index (κ3) is 5.53. The number of carbonyl (C=O) groups is 2. The average Bonchev–Trinajstić information content (AvgIpc) is 2.82. The Hall–Kier alpha value is -3.81. The number of carbonyl (C=O) groups excluding carboxylic acids is 2. The predicted molar refractivity (Wildman–Crippen MR) is 134 cm³/mol. The summed E-state index contributed by atoms with van der Waals surface area (Å²) < 4.78 is 38.8. The van der Waals surface area contributed by atoms with Crippen LogP contribution in [0.3, 0.4) is 0 Å². The second-order valence-corrected chi connectivity index (χ2v) is 9.17. The molecule has 188 valence electrons. The van der Waals surface area contributed by atoms with Crippen LogP contribution in [0.2, 0.25) is 0 Å². The van der Waals surface area contributed by atoms with Crippen LogP contribution >= 0.6 is 0 Å². The molecule has 1 aliphatic rings. The maximum absolute atomic E-state index is 13.3. The highest BCUT2D eigenvalue weighted by Gasteiger charge is 2.31. The summed E-state index contributed by atoms with van der Waals surface area (Å²) in [6.45, 7) is 7.98. The lowest BCUT2D eigenvalue weighted by atomic mass is 9.99. The second-order valence-electron chi connectivity index (χ2n) is 9.17. The van der Waals surface area contributed by atoms with Gasteiger partial charge >= 0.3 is 12.2 Å². The van der Waals surface area contributed by atoms with Crippen LogP contribution in [0.25, 0.3) is 0 Å². The molecule has 3 aromatic rings. The summed E-state index contributed by atoms with van der Waals surface area (Å²) in [7, 11) is 0. The third-order valence-electron chi connectivity index (χ3n) is 6.39. The third-order valence-corrected chi connectivity index (χ3v) is 6.39. The number of hydrogen-bond donors (Lipinski definition) is 1. The van der Waals surface area contributed by atoms with Crippen LogP contribution in [0.4, 0.5) is 29.3 Å². The number of halogens is 3. The molecular formula is C28H28F3N3O2. The fourth-order valence-electron chi connectivity index (χ4n) is 4.58. The smallest absolute Gasteiger partial charge is 0.322 e. The molecule has 0 radical (unpaired) electrons. The molecule has 4 rings (SSSR count). The zero-order chi connectivity index (χ0) is 26.0. The molecule has 1 saturated heterocycles. The molecule has 5 nitrogen and oxygen atoms in total. The fraction of sp³-hybridized carbons (Fsp3) is 0.286. The van der Waals surface area contributed by atoms with Crippen LogP contribution < -0.4 is 10.2 Å². The quantitative estimate of drug-likeness (QED) is 0.427. The Kier molecular flexibility index (Phi) is 7.06. The van der Waals surface area contributed by atoms with E-state index in [2.05, 4.69) is 38.2 Å². The van der Waals surface area contributed by atoms with E-state index in [1.165, 1.54) is 28.8 Å². The Morgan fingerprint density at radius 1 is 0.944 bits per heavy atom. The van der Waals surface area contributed by atoms with Gasteiger partial charge in [0.15, 0.2) is 0 Å². The topological polar surface area (TPSA) is 52.6 Å². The minimum Gasteiger partial charge on any atom is -0.322 e. The van der Waals surface area contributed by atoms with Crippen molar-refractivity contribution in [1.82, 2.24) is 4.90 Å². The number of anilines is 2. The van der Waals surface area contributed by atoms with Crippen molar-refractivity contribution in [2.75, 3.05) is 23.3 Å². The van der Waals surface area contributed by atoms with Crippen molar-refractivity contribution in [1.29, 1.82) is 0 Å². The van der Waals surface area contributed by atoms with Gasteiger partial charge in [-0.2, -0.15) is 13.2 Å². The first kappa shape index (κ1) is 25.3. The number of nitrogens with one attached hydrogen (secondary N) is 1. The van der Waals surface area contributed by atoms with Crippen molar-refractivity contribution in [2.45, 2.75) is 39.9 Å². The number of nitrogens with zero attached hydrogens (tertiary/aromatic N) is 2. The lowest BCUT2D eigenvalue weighted by Gasteiger charge is -2.36. The molecule has 0 saturated carbocycles. The highest BCUT2D eigenvalue weighted by molar-refractivity contribution is 6.04. The van der Waals surface area contributed by atoms with Gasteiger partial charge in [-0.15, -0.1) is 0 Å². The largest absolute Gasteiger partial charge is 0.416 e. The fourth-order valence-corrected chi connectivity index (χ4v) is 4.58. The molecule has 36 heavy (non-hydrogen) atoms. The van der Waals surface area contributed by atoms with Gasteiger partial charge in [-0.1, -0.05) is 23.8 Å². The zero-order valence-corrected chi connectivity index (χ0v) is 20.4. The van der Waals surface area contributed by atoms with E-state index in [1.54, 1.807) is 29.2 Å². The molecule has 3 aromatic carbocycles. The number of alkyl halides is 3. The van der Waals surface area contributed by atoms with E-state index in [-0.39, 0.29) is 11.6 Å². The molecule has 8 heteroatoms. The summed E-state index contributed by atoms with van der Waals surface area (Å²) in [5.41, 5.74) is 4.83. The van der Waals surface area contributed by atoms with Crippen LogP contribution in [-0.4, -0.2) is 29.9 Å². The second kappa shape index (κ2) is 10.0. The monoisotopic (exact) mass is 495 g/mol. The van der Waals surface area contributed by atoms with Crippen molar-refractivity contribution in [3.05, 3.63) is 94.0 Å². The lowest BCUT2D eigenvalue weighted by molar-refractivity contribution is -0.137. The number of rotatable bonds is 5. The van der Waals surface area contributed by atoms with Gasteiger partial charge in [0.2, 0.25) is 0 Å². The van der Waals surface area contributed by atoms with Gasteiger partial charge in [0.05, 0.1) is 5.56 Å². The highest BCUT2D eigenvalue weighted by Crippen LogP contribution is 2.30. The van der Waals surface area contributed by atoms with Crippen molar-refractivity contribution < 1.29 is 22.8 Å². The zero-order valence-electron chi connectivity index (χ0n) is 20.4. The van der Waals surface area contributed by atoms with Crippen molar-refractivity contribution in [3.63, 3.8) is 0 Å². The molecule has 1 heterocycles. The normalized spacial score (nSPS) is 14.2. The minimum absolute atomic E-state index is 0.0821. The number of hydrogen-bond acceptors (Lipinski definition) is 2. The van der Waals surface area contributed by atoms with Gasteiger partial charge in [-0.3, -0.25) is 9.69 Å². The van der Waals surface area contributed by atoms with E-state index < -0.39 is 17.6 Å². The van der Waals surface area contributed by atoms with Crippen molar-refractivity contribution in [2.24, 2.45) is 0 Å². The summed E-state index contributed by atoms with van der Waals surface area (Å²) in [6, 6.07) is 15.2. The van der Waals surface area contributed by atoms with Crippen LogP contribution in [0, 0.1) is 20.8 Å². The maximum Gasteiger partial charge on any atom is 0.416 e. The van der Waals surface area contributed by atoms with Crippen molar-refractivity contribution >= 4 is 23.3 Å². The summed E-state index contributed by atoms with van der Waals surface area (Å²) >= 11 is 0. The number of amides is 3. The Morgan fingerprint density at radius 3 is 2.25 bits per heavy atom. The lowest BCUT2D eigenvalue weighted by Crippen LogP contribution is -2.49. The maximum atomic E-state index is 13.3. The molecular weight excluding hydrogens is 467 g/mol. The summed E-state index contributed by atoms with van der Waals surface area (Å²) in [5.74, 6) is -0.641. The molecule has 1 fully saturated rings. The standard InChI is InChI=1S/C28H28F3N3O2/c1-18-14-19(2)25(20(3)15-18)17-33-12-5-13-34(27(33)36)24-10-8-23(9-11-24)32-26(35)21-6-4-7-22(16-21)28(29,30)31/h4,6-11,14-16H,5,12-13,17H2,1-3H3,(H,32,35). The predicted octanol–water partition coefficient (Wildman–Crippen LogP) is 6.72. The van der Waals surface area contributed by atoms with Crippen molar-refractivity contribution in [3.8, 4) is 0 Å². The number of urea groups is 1. The Bertz CT molecular complexity index is 1260. The number of aryl methyl sites for hydroxylation is 3. The molecule has 0 bridgehead atoms. The van der Waals surface area contributed by atoms with Crippen LogP contribution in [0.15, 0.2) is 60.7 Å². The summed E-state index contributed by atoms with van der Waals surface area (Å²) in [4.78, 5) is 29.3. The molecule has 3 amide bonds. The summed E-state index contributed by atoms with van der Waals surface area (Å²) in [6.07, 6.45) is -3.70. The van der Waals surface area contributed by atoms with E-state index >= 15 is 0 Å². The molecule has 0 aliphatic carbocycles. The van der Waals surface area contributed by atoms with Gasteiger partial charge in [-0.05, 0) is 86.3 Å². The first-order chi connectivity index (χ1) is 17.0. The average molecular weight is 496 g/mol. The van der Waals surface area contributed by atoms with Gasteiger partial charge in [-0.25, -0.2) is 4.79 Å². The molecule has 1 N–H and O–H groups in total. The van der Waals surface area contributed by atoms with Crippen LogP contribution in [0.1, 0.15) is 44.6 Å². The van der Waals surface area contributed by atoms with E-state index in [4.69, 9.17) is 0 Å². The van der Waals surface area contributed by atoms with Gasteiger partial charge in [0.1, 0.15) is 0 Å². The molecule has 0 unspecified atom stereocenters. The van der Waals surface area contributed by atoms with Gasteiger partial charge in [0.25, 0.3) is 5.91 Å². The Labute approximate surface area is 208 Å². The molecule has 0 atom stereocenters. The minimum atomic E-state index is -4.52. The molecule has 0 aromatic heterocycles. The Balaban J connectivity index is 1.45. The van der Waals surface area contributed by atoms with Gasteiger partial charge in [0, 0.05) is 36.6 Å². The SMILES string of the molecule is Cc1cc(C)c(CN2CCCN(c3ccc(NC(=O)c4cccc(C(F)(F)F)c4)cc3)C2=O)c(C)c1. The van der Waals surface area contributed by atoms with Crippen LogP contribution in [0.5, 0.6) is 0 Å². The first-order valence-electron chi connectivity index (χ1n) is 11.7. The Morgan fingerprint density at radius 2 is 1.61 bits per heavy atom. The molecule has 0 spiro atoms. The van der Waals surface area contributed by atoms with Crippen LogP contribution in [-0.2, 0) is 12.7 Å². The van der Waals surface area contributed by atoms with E-state index in [9.17, 15) is 22.8 Å².